The quantitative estimate of drug-likeness (QED) is 0.652. The summed E-state index contributed by atoms with van der Waals surface area (Å²) < 4.78 is 7.05. The molecule has 2 aromatic rings. The van der Waals surface area contributed by atoms with Crippen molar-refractivity contribution in [2.24, 2.45) is 0 Å². The Balaban J connectivity index is 2.79. The van der Waals surface area contributed by atoms with Crippen LogP contribution in [-0.4, -0.2) is 0 Å². The Morgan fingerprint density at radius 2 is 2.17 bits per heavy atom. The van der Waals surface area contributed by atoms with Gasteiger partial charge >= 0.3 is 0 Å². The summed E-state index contributed by atoms with van der Waals surface area (Å²) in [5.41, 5.74) is 3.68. The average Bonchev–Trinajstić information content (AvgIpc) is 2.55. The number of fused-ring (bicyclic) bond motifs is 1. The van der Waals surface area contributed by atoms with Crippen molar-refractivity contribution < 1.29 is 4.42 Å². The van der Waals surface area contributed by atoms with E-state index >= 15 is 0 Å². The molecule has 0 radical (unpaired) electrons. The lowest BCUT2D eigenvalue weighted by atomic mass is 10.2. The van der Waals surface area contributed by atoms with Gasteiger partial charge in [-0.25, -0.2) is 0 Å². The Morgan fingerprint density at radius 3 is 2.75 bits per heavy atom. The van der Waals surface area contributed by atoms with Gasteiger partial charge in [0.2, 0.25) is 0 Å². The van der Waals surface area contributed by atoms with Crippen LogP contribution in [0.1, 0.15) is 23.8 Å². The molecule has 2 heteroatoms. The molecular weight excluding hydrogens is 168 g/mol. The third-order valence-electron chi connectivity index (χ3n) is 2.22. The van der Waals surface area contributed by atoms with E-state index in [4.69, 9.17) is 4.42 Å². The molecule has 1 nitrogen and oxygen atoms in total. The zero-order chi connectivity index (χ0) is 8.72. The van der Waals surface area contributed by atoms with E-state index in [2.05, 4.69) is 26.2 Å². The molecule has 2 rings (SSSR count). The first-order valence-corrected chi connectivity index (χ1v) is 5.08. The average molecular weight is 180 g/mol. The van der Waals surface area contributed by atoms with Gasteiger partial charge in [0.1, 0.15) is 11.3 Å². The summed E-state index contributed by atoms with van der Waals surface area (Å²) >= 11 is 1.78. The Hall–Kier alpha value is -0.760. The normalized spacial score (nSPS) is 11.2. The van der Waals surface area contributed by atoms with Crippen LogP contribution in [-0.2, 0) is 6.42 Å². The fraction of sp³-hybridized carbons (Fsp3) is 0.400. The van der Waals surface area contributed by atoms with Crippen LogP contribution in [0.15, 0.2) is 9.80 Å². The molecule has 0 bridgehead atoms. The Morgan fingerprint density at radius 1 is 1.42 bits per heavy atom. The highest BCUT2D eigenvalue weighted by Gasteiger charge is 2.11. The molecular formula is C10H12OS. The fourth-order valence-corrected chi connectivity index (χ4v) is 2.48. The van der Waals surface area contributed by atoms with Crippen molar-refractivity contribution in [3.05, 3.63) is 22.3 Å². The Bertz CT molecular complexity index is 409. The van der Waals surface area contributed by atoms with E-state index < -0.39 is 0 Å². The predicted molar refractivity (Wildman–Crippen MR) is 52.9 cm³/mol. The van der Waals surface area contributed by atoms with Crippen LogP contribution in [0.25, 0.3) is 10.3 Å². The molecule has 0 saturated heterocycles. The minimum Gasteiger partial charge on any atom is -0.460 e. The lowest BCUT2D eigenvalue weighted by Crippen LogP contribution is -1.76. The second-order valence-corrected chi connectivity index (χ2v) is 3.96. The molecule has 0 atom stereocenters. The number of hydrogen-bond acceptors (Lipinski definition) is 2. The molecule has 0 aliphatic carbocycles. The summed E-state index contributed by atoms with van der Waals surface area (Å²) in [6.07, 6.45) is 0.993. The van der Waals surface area contributed by atoms with Gasteiger partial charge < -0.3 is 4.42 Å². The molecule has 0 aliphatic rings. The van der Waals surface area contributed by atoms with E-state index in [1.165, 1.54) is 15.8 Å². The standard InChI is InChI=1S/C10H12OS/c1-4-8-7(3)10-9(11-8)6(2)5-12-10/h5H,4H2,1-3H3. The molecule has 12 heavy (non-hydrogen) atoms. The van der Waals surface area contributed by atoms with Crippen molar-refractivity contribution in [2.45, 2.75) is 27.2 Å². The van der Waals surface area contributed by atoms with Gasteiger partial charge in [0.25, 0.3) is 0 Å². The molecule has 64 valence electrons. The maximum atomic E-state index is 5.73. The highest BCUT2D eigenvalue weighted by molar-refractivity contribution is 7.17. The highest BCUT2D eigenvalue weighted by Crippen LogP contribution is 2.32. The molecule has 2 heterocycles. The van der Waals surface area contributed by atoms with Crippen molar-refractivity contribution in [1.29, 1.82) is 0 Å². The van der Waals surface area contributed by atoms with Crippen LogP contribution in [0.2, 0.25) is 0 Å². The number of furan rings is 1. The topological polar surface area (TPSA) is 13.1 Å². The first-order valence-electron chi connectivity index (χ1n) is 4.20. The molecule has 0 fully saturated rings. The lowest BCUT2D eigenvalue weighted by molar-refractivity contribution is 0.552. The maximum Gasteiger partial charge on any atom is 0.148 e. The van der Waals surface area contributed by atoms with Gasteiger partial charge in [-0.2, -0.15) is 0 Å². The van der Waals surface area contributed by atoms with E-state index in [1.807, 2.05) is 0 Å². The molecule has 0 amide bonds. The van der Waals surface area contributed by atoms with Crippen LogP contribution in [0.3, 0.4) is 0 Å². The van der Waals surface area contributed by atoms with Crippen molar-refractivity contribution in [3.63, 3.8) is 0 Å². The van der Waals surface area contributed by atoms with E-state index in [-0.39, 0.29) is 0 Å². The van der Waals surface area contributed by atoms with Gasteiger partial charge in [0.05, 0.1) is 4.70 Å². The highest BCUT2D eigenvalue weighted by atomic mass is 32.1. The van der Waals surface area contributed by atoms with Crippen molar-refractivity contribution >= 4 is 21.6 Å². The zero-order valence-electron chi connectivity index (χ0n) is 7.60. The van der Waals surface area contributed by atoms with Gasteiger partial charge in [-0.15, -0.1) is 11.3 Å². The SMILES string of the molecule is CCc1oc2c(C)csc2c1C. The number of thiophene rings is 1. The third kappa shape index (κ3) is 0.911. The molecule has 0 N–H and O–H groups in total. The van der Waals surface area contributed by atoms with E-state index in [0.717, 1.165) is 17.8 Å². The predicted octanol–water partition coefficient (Wildman–Crippen LogP) is 3.67. The van der Waals surface area contributed by atoms with Crippen LogP contribution < -0.4 is 0 Å². The van der Waals surface area contributed by atoms with Gasteiger partial charge in [0, 0.05) is 17.5 Å². The molecule has 2 aromatic heterocycles. The van der Waals surface area contributed by atoms with E-state index in [0.29, 0.717) is 0 Å². The number of rotatable bonds is 1. The minimum atomic E-state index is 0.993. The smallest absolute Gasteiger partial charge is 0.148 e. The summed E-state index contributed by atoms with van der Waals surface area (Å²) in [7, 11) is 0. The molecule has 0 saturated carbocycles. The fourth-order valence-electron chi connectivity index (χ4n) is 1.48. The first kappa shape index (κ1) is 7.87. The van der Waals surface area contributed by atoms with Gasteiger partial charge in [0.15, 0.2) is 0 Å². The second kappa shape index (κ2) is 2.63. The first-order chi connectivity index (χ1) is 5.74. The minimum absolute atomic E-state index is 0.993. The van der Waals surface area contributed by atoms with Gasteiger partial charge in [-0.1, -0.05) is 6.92 Å². The van der Waals surface area contributed by atoms with Crippen LogP contribution in [0.5, 0.6) is 0 Å². The largest absolute Gasteiger partial charge is 0.460 e. The summed E-state index contributed by atoms with van der Waals surface area (Å²) in [6.45, 7) is 6.37. The maximum absolute atomic E-state index is 5.73. The summed E-state index contributed by atoms with van der Waals surface area (Å²) in [5, 5.41) is 2.15. The van der Waals surface area contributed by atoms with Gasteiger partial charge in [-0.05, 0) is 19.2 Å². The molecule has 0 spiro atoms. The van der Waals surface area contributed by atoms with E-state index in [1.54, 1.807) is 11.3 Å². The third-order valence-corrected chi connectivity index (χ3v) is 3.42. The Kier molecular flexibility index (Phi) is 1.72. The van der Waals surface area contributed by atoms with Crippen molar-refractivity contribution in [1.82, 2.24) is 0 Å². The van der Waals surface area contributed by atoms with E-state index in [9.17, 15) is 0 Å². The zero-order valence-corrected chi connectivity index (χ0v) is 8.42. The summed E-state index contributed by atoms with van der Waals surface area (Å²) in [6, 6.07) is 0. The van der Waals surface area contributed by atoms with Crippen molar-refractivity contribution in [2.75, 3.05) is 0 Å². The summed E-state index contributed by atoms with van der Waals surface area (Å²) in [4.78, 5) is 0. The number of hydrogen-bond donors (Lipinski definition) is 0. The Labute approximate surface area is 76.0 Å². The second-order valence-electron chi connectivity index (χ2n) is 3.08. The van der Waals surface area contributed by atoms with Gasteiger partial charge in [-0.3, -0.25) is 0 Å². The monoisotopic (exact) mass is 180 g/mol. The van der Waals surface area contributed by atoms with Crippen molar-refractivity contribution in [3.8, 4) is 0 Å². The molecule has 0 unspecified atom stereocenters. The lowest BCUT2D eigenvalue weighted by Gasteiger charge is -1.89. The molecule has 0 aromatic carbocycles. The van der Waals surface area contributed by atoms with Crippen LogP contribution in [0.4, 0.5) is 0 Å². The number of aryl methyl sites for hydroxylation is 3. The summed E-state index contributed by atoms with van der Waals surface area (Å²) in [5.74, 6) is 1.14. The van der Waals surface area contributed by atoms with Crippen LogP contribution >= 0.6 is 11.3 Å². The van der Waals surface area contributed by atoms with Crippen LogP contribution in [0, 0.1) is 13.8 Å². The molecule has 0 aliphatic heterocycles.